The van der Waals surface area contributed by atoms with E-state index >= 15 is 0 Å². The van der Waals surface area contributed by atoms with Crippen molar-refractivity contribution in [2.24, 2.45) is 0 Å². The van der Waals surface area contributed by atoms with Gasteiger partial charge >= 0.3 is 0 Å². The van der Waals surface area contributed by atoms with E-state index in [1.807, 2.05) is 4.68 Å². The smallest absolute Gasteiger partial charge is 0.247 e. The highest BCUT2D eigenvalue weighted by molar-refractivity contribution is 5.99. The van der Waals surface area contributed by atoms with Crippen LogP contribution in [0.15, 0.2) is 18.9 Å². The van der Waals surface area contributed by atoms with Gasteiger partial charge in [-0.25, -0.2) is 0 Å². The first kappa shape index (κ1) is 8.99. The normalized spacial score (nSPS) is 14.6. The molecule has 0 radical (unpaired) electrons. The van der Waals surface area contributed by atoms with Crippen LogP contribution >= 0.6 is 0 Å². The molecule has 1 amide bonds. The Morgan fingerprint density at radius 3 is 3.29 bits per heavy atom. The van der Waals surface area contributed by atoms with Crippen molar-refractivity contribution >= 4 is 11.6 Å². The molecule has 4 nitrogen and oxygen atoms in total. The van der Waals surface area contributed by atoms with Crippen LogP contribution in [-0.2, 0) is 17.8 Å². The van der Waals surface area contributed by atoms with Crippen molar-refractivity contribution in [3.05, 3.63) is 24.5 Å². The lowest BCUT2D eigenvalue weighted by atomic mass is 10.1. The minimum Gasteiger partial charge on any atom is -0.320 e. The highest BCUT2D eigenvalue weighted by Crippen LogP contribution is 2.21. The first-order valence-corrected chi connectivity index (χ1v) is 4.79. The van der Waals surface area contributed by atoms with Gasteiger partial charge in [0.1, 0.15) is 0 Å². The number of carbonyl (C=O) groups is 1. The number of nitrogens with one attached hydrogen (secondary N) is 1. The highest BCUT2D eigenvalue weighted by Gasteiger charge is 2.15. The van der Waals surface area contributed by atoms with E-state index in [-0.39, 0.29) is 5.91 Å². The fourth-order valence-corrected chi connectivity index (χ4v) is 1.71. The molecule has 74 valence electrons. The van der Waals surface area contributed by atoms with Crippen LogP contribution < -0.4 is 5.32 Å². The number of rotatable bonds is 2. The first-order chi connectivity index (χ1) is 6.81. The maximum atomic E-state index is 11.1. The highest BCUT2D eigenvalue weighted by atomic mass is 16.1. The van der Waals surface area contributed by atoms with Crippen molar-refractivity contribution in [2.75, 3.05) is 5.32 Å². The first-order valence-electron chi connectivity index (χ1n) is 4.79. The molecular formula is C10H13N3O. The quantitative estimate of drug-likeness (QED) is 0.717. The maximum absolute atomic E-state index is 11.1. The summed E-state index contributed by atoms with van der Waals surface area (Å²) in [5, 5.41) is 6.97. The van der Waals surface area contributed by atoms with E-state index in [9.17, 15) is 4.79 Å². The summed E-state index contributed by atoms with van der Waals surface area (Å²) in [5.74, 6) is -0.175. The Balaban J connectivity index is 2.22. The molecule has 0 atom stereocenters. The van der Waals surface area contributed by atoms with Crippen molar-refractivity contribution in [3.8, 4) is 0 Å². The minimum absolute atomic E-state index is 0.175. The molecule has 0 bridgehead atoms. The van der Waals surface area contributed by atoms with Gasteiger partial charge in [-0.1, -0.05) is 6.58 Å². The number of nitrogens with zero attached hydrogens (tertiary/aromatic N) is 2. The molecule has 0 spiro atoms. The molecule has 0 fully saturated rings. The molecule has 0 saturated heterocycles. The summed E-state index contributed by atoms with van der Waals surface area (Å²) in [6, 6.07) is 0. The molecule has 2 heterocycles. The van der Waals surface area contributed by atoms with Crippen LogP contribution in [-0.4, -0.2) is 15.7 Å². The van der Waals surface area contributed by atoms with Crippen LogP contribution in [0.5, 0.6) is 0 Å². The van der Waals surface area contributed by atoms with Gasteiger partial charge in [0.2, 0.25) is 5.91 Å². The Hall–Kier alpha value is -1.58. The number of aryl methyl sites for hydroxylation is 1. The fraction of sp³-hybridized carbons (Fsp3) is 0.400. The van der Waals surface area contributed by atoms with Gasteiger partial charge in [0.05, 0.1) is 17.6 Å². The number of carbonyl (C=O) groups excluding carboxylic acids is 1. The summed E-state index contributed by atoms with van der Waals surface area (Å²) in [5.41, 5.74) is 1.96. The SMILES string of the molecule is C=CC(=O)Nc1cnn2c1CCCC2. The van der Waals surface area contributed by atoms with Gasteiger partial charge in [0, 0.05) is 6.54 Å². The van der Waals surface area contributed by atoms with E-state index in [4.69, 9.17) is 0 Å². The summed E-state index contributed by atoms with van der Waals surface area (Å²) in [6.07, 6.45) is 6.31. The zero-order chi connectivity index (χ0) is 9.97. The van der Waals surface area contributed by atoms with Crippen LogP contribution in [0.1, 0.15) is 18.5 Å². The predicted octanol–water partition coefficient (Wildman–Crippen LogP) is 1.34. The second kappa shape index (κ2) is 3.65. The van der Waals surface area contributed by atoms with E-state index in [0.717, 1.165) is 24.3 Å². The fourth-order valence-electron chi connectivity index (χ4n) is 1.71. The van der Waals surface area contributed by atoms with Gasteiger partial charge in [0.15, 0.2) is 0 Å². The molecule has 1 aliphatic heterocycles. The molecule has 14 heavy (non-hydrogen) atoms. The summed E-state index contributed by atoms with van der Waals surface area (Å²) >= 11 is 0. The molecular weight excluding hydrogens is 178 g/mol. The van der Waals surface area contributed by atoms with Crippen LogP contribution in [0.2, 0.25) is 0 Å². The molecule has 2 rings (SSSR count). The third-order valence-electron chi connectivity index (χ3n) is 2.43. The lowest BCUT2D eigenvalue weighted by Crippen LogP contribution is -2.14. The second-order valence-electron chi connectivity index (χ2n) is 3.38. The van der Waals surface area contributed by atoms with Crippen molar-refractivity contribution < 1.29 is 4.79 Å². The predicted molar refractivity (Wildman–Crippen MR) is 54.0 cm³/mol. The average molecular weight is 191 g/mol. The van der Waals surface area contributed by atoms with Crippen molar-refractivity contribution in [1.29, 1.82) is 0 Å². The van der Waals surface area contributed by atoms with Crippen molar-refractivity contribution in [3.63, 3.8) is 0 Å². The topological polar surface area (TPSA) is 46.9 Å². The van der Waals surface area contributed by atoms with E-state index < -0.39 is 0 Å². The van der Waals surface area contributed by atoms with Crippen molar-refractivity contribution in [2.45, 2.75) is 25.8 Å². The lowest BCUT2D eigenvalue weighted by molar-refractivity contribution is -0.111. The number of aromatic nitrogens is 2. The molecule has 1 aromatic heterocycles. The Labute approximate surface area is 82.6 Å². The third kappa shape index (κ3) is 1.55. The lowest BCUT2D eigenvalue weighted by Gasteiger charge is -2.14. The minimum atomic E-state index is -0.175. The zero-order valence-corrected chi connectivity index (χ0v) is 7.99. The summed E-state index contributed by atoms with van der Waals surface area (Å²) in [7, 11) is 0. The Kier molecular flexibility index (Phi) is 2.35. The molecule has 0 unspecified atom stereocenters. The third-order valence-corrected chi connectivity index (χ3v) is 2.43. The van der Waals surface area contributed by atoms with E-state index in [2.05, 4.69) is 17.0 Å². The molecule has 1 aromatic rings. The molecule has 1 N–H and O–H groups in total. The number of amides is 1. The number of hydrogen-bond acceptors (Lipinski definition) is 2. The van der Waals surface area contributed by atoms with Crippen LogP contribution in [0.3, 0.4) is 0 Å². The number of fused-ring (bicyclic) bond motifs is 1. The molecule has 0 aliphatic carbocycles. The Morgan fingerprint density at radius 1 is 1.64 bits per heavy atom. The summed E-state index contributed by atoms with van der Waals surface area (Å²) in [4.78, 5) is 11.1. The van der Waals surface area contributed by atoms with Gasteiger partial charge in [-0.05, 0) is 25.3 Å². The van der Waals surface area contributed by atoms with Crippen LogP contribution in [0, 0.1) is 0 Å². The second-order valence-corrected chi connectivity index (χ2v) is 3.38. The van der Waals surface area contributed by atoms with Gasteiger partial charge in [-0.2, -0.15) is 5.10 Å². The maximum Gasteiger partial charge on any atom is 0.247 e. The number of anilines is 1. The van der Waals surface area contributed by atoms with Crippen LogP contribution in [0.4, 0.5) is 5.69 Å². The largest absolute Gasteiger partial charge is 0.320 e. The van der Waals surface area contributed by atoms with Crippen LogP contribution in [0.25, 0.3) is 0 Å². The van der Waals surface area contributed by atoms with E-state index in [0.29, 0.717) is 0 Å². The molecule has 0 aromatic carbocycles. The Morgan fingerprint density at radius 2 is 2.50 bits per heavy atom. The molecule has 1 aliphatic rings. The van der Waals surface area contributed by atoms with Gasteiger partial charge in [-0.3, -0.25) is 9.48 Å². The van der Waals surface area contributed by atoms with E-state index in [1.54, 1.807) is 6.20 Å². The molecule has 4 heteroatoms. The standard InChI is InChI=1S/C10H13N3O/c1-2-10(14)12-8-7-11-13-6-4-3-5-9(8)13/h2,7H,1,3-6H2,(H,12,14). The molecule has 0 saturated carbocycles. The van der Waals surface area contributed by atoms with Gasteiger partial charge in [-0.15, -0.1) is 0 Å². The number of hydrogen-bond donors (Lipinski definition) is 1. The monoisotopic (exact) mass is 191 g/mol. The van der Waals surface area contributed by atoms with E-state index in [1.165, 1.54) is 18.9 Å². The average Bonchev–Trinajstić information content (AvgIpc) is 2.62. The summed E-state index contributed by atoms with van der Waals surface area (Å²) in [6.45, 7) is 4.37. The zero-order valence-electron chi connectivity index (χ0n) is 7.99. The summed E-state index contributed by atoms with van der Waals surface area (Å²) < 4.78 is 1.96. The van der Waals surface area contributed by atoms with Gasteiger partial charge < -0.3 is 5.32 Å². The van der Waals surface area contributed by atoms with Crippen molar-refractivity contribution in [1.82, 2.24) is 9.78 Å². The Bertz CT molecular complexity index is 367. The van der Waals surface area contributed by atoms with Gasteiger partial charge in [0.25, 0.3) is 0 Å².